The van der Waals surface area contributed by atoms with Gasteiger partial charge in [0.15, 0.2) is 6.61 Å². The number of esters is 1. The molecule has 0 atom stereocenters. The monoisotopic (exact) mass is 341 g/mol. The molecule has 2 aromatic rings. The molecule has 0 aromatic heterocycles. The maximum Gasteiger partial charge on any atom is 0.338 e. The first-order valence-electron chi connectivity index (χ1n) is 8.41. The molecule has 0 aliphatic rings. The van der Waals surface area contributed by atoms with E-state index in [9.17, 15) is 9.59 Å². The van der Waals surface area contributed by atoms with Gasteiger partial charge in [0.25, 0.3) is 5.91 Å². The van der Waals surface area contributed by atoms with Crippen molar-refractivity contribution in [2.75, 3.05) is 18.5 Å². The minimum Gasteiger partial charge on any atom is -0.494 e. The van der Waals surface area contributed by atoms with Crippen LogP contribution >= 0.6 is 0 Å². The highest BCUT2D eigenvalue weighted by Gasteiger charge is 2.10. The van der Waals surface area contributed by atoms with Crippen molar-refractivity contribution in [2.45, 2.75) is 26.7 Å². The molecule has 0 bridgehead atoms. The average Bonchev–Trinajstić information content (AvgIpc) is 2.65. The summed E-state index contributed by atoms with van der Waals surface area (Å²) in [6, 6.07) is 14.2. The first kappa shape index (κ1) is 18.5. The predicted molar refractivity (Wildman–Crippen MR) is 97.0 cm³/mol. The number of carbonyl (C=O) groups is 2. The molecular formula is C20H23NO4. The Bertz CT molecular complexity index is 710. The summed E-state index contributed by atoms with van der Waals surface area (Å²) in [5.74, 6) is -0.212. The molecule has 0 saturated carbocycles. The molecule has 0 aliphatic carbocycles. The lowest BCUT2D eigenvalue weighted by atomic mass is 10.1. The fraction of sp³-hybridized carbons (Fsp3) is 0.300. The predicted octanol–water partition coefficient (Wildman–Crippen LogP) is 3.83. The molecule has 2 rings (SSSR count). The van der Waals surface area contributed by atoms with Gasteiger partial charge in [0.05, 0.1) is 12.2 Å². The molecule has 25 heavy (non-hydrogen) atoms. The first-order valence-corrected chi connectivity index (χ1v) is 8.41. The molecule has 5 heteroatoms. The Morgan fingerprint density at radius 2 is 1.80 bits per heavy atom. The van der Waals surface area contributed by atoms with Crippen LogP contribution in [0.4, 0.5) is 5.69 Å². The first-order chi connectivity index (χ1) is 12.1. The molecular weight excluding hydrogens is 318 g/mol. The van der Waals surface area contributed by atoms with Gasteiger partial charge >= 0.3 is 5.97 Å². The Morgan fingerprint density at radius 3 is 2.48 bits per heavy atom. The summed E-state index contributed by atoms with van der Waals surface area (Å²) < 4.78 is 10.5. The summed E-state index contributed by atoms with van der Waals surface area (Å²) in [5.41, 5.74) is 2.20. The number of ether oxygens (including phenoxy) is 2. The Labute approximate surface area is 148 Å². The summed E-state index contributed by atoms with van der Waals surface area (Å²) in [4.78, 5) is 23.9. The molecule has 132 valence electrons. The van der Waals surface area contributed by atoms with E-state index in [1.807, 2.05) is 32.0 Å². The summed E-state index contributed by atoms with van der Waals surface area (Å²) in [5, 5.41) is 2.72. The van der Waals surface area contributed by atoms with E-state index >= 15 is 0 Å². The van der Waals surface area contributed by atoms with Crippen molar-refractivity contribution in [1.29, 1.82) is 0 Å². The van der Waals surface area contributed by atoms with Gasteiger partial charge in [0.1, 0.15) is 5.75 Å². The van der Waals surface area contributed by atoms with Crippen molar-refractivity contribution < 1.29 is 19.1 Å². The number of aryl methyl sites for hydroxylation is 1. The van der Waals surface area contributed by atoms with Crippen LogP contribution in [-0.4, -0.2) is 25.1 Å². The third-order valence-corrected chi connectivity index (χ3v) is 3.52. The van der Waals surface area contributed by atoms with Gasteiger partial charge in [-0.15, -0.1) is 0 Å². The van der Waals surface area contributed by atoms with E-state index in [-0.39, 0.29) is 12.5 Å². The number of hydrogen-bond donors (Lipinski definition) is 1. The summed E-state index contributed by atoms with van der Waals surface area (Å²) in [6.07, 6.45) is 1.80. The molecule has 0 heterocycles. The van der Waals surface area contributed by atoms with Gasteiger partial charge in [-0.3, -0.25) is 4.79 Å². The molecule has 2 aromatic carbocycles. The van der Waals surface area contributed by atoms with Crippen molar-refractivity contribution in [3.63, 3.8) is 0 Å². The van der Waals surface area contributed by atoms with Crippen molar-refractivity contribution in [1.82, 2.24) is 0 Å². The zero-order valence-corrected chi connectivity index (χ0v) is 14.6. The second-order valence-electron chi connectivity index (χ2n) is 5.55. The van der Waals surface area contributed by atoms with Gasteiger partial charge in [-0.05, 0) is 54.8 Å². The Hall–Kier alpha value is -2.82. The van der Waals surface area contributed by atoms with Crippen LogP contribution in [0.5, 0.6) is 5.75 Å². The largest absolute Gasteiger partial charge is 0.494 e. The molecule has 0 spiro atoms. The van der Waals surface area contributed by atoms with Crippen LogP contribution in [0.2, 0.25) is 0 Å². The second kappa shape index (κ2) is 9.47. The summed E-state index contributed by atoms with van der Waals surface area (Å²) in [6.45, 7) is 4.36. The lowest BCUT2D eigenvalue weighted by Gasteiger charge is -2.08. The minimum absolute atomic E-state index is 0.330. The van der Waals surface area contributed by atoms with Gasteiger partial charge in [-0.25, -0.2) is 4.79 Å². The number of carbonyl (C=O) groups excluding carboxylic acids is 2. The molecule has 0 fully saturated rings. The Kier molecular flexibility index (Phi) is 7.01. The van der Waals surface area contributed by atoms with Crippen molar-refractivity contribution in [3.05, 3.63) is 59.7 Å². The topological polar surface area (TPSA) is 64.6 Å². The maximum atomic E-state index is 12.0. The SMILES string of the molecule is CCCOc1ccc(C(=O)OCC(=O)Nc2cccc(CC)c2)cc1. The summed E-state index contributed by atoms with van der Waals surface area (Å²) >= 11 is 0. The number of hydrogen-bond acceptors (Lipinski definition) is 4. The van der Waals surface area contributed by atoms with E-state index in [2.05, 4.69) is 5.32 Å². The van der Waals surface area contributed by atoms with Crippen LogP contribution in [0.3, 0.4) is 0 Å². The van der Waals surface area contributed by atoms with E-state index < -0.39 is 5.97 Å². The van der Waals surface area contributed by atoms with Crippen molar-refractivity contribution in [2.24, 2.45) is 0 Å². The second-order valence-corrected chi connectivity index (χ2v) is 5.55. The van der Waals surface area contributed by atoms with Gasteiger partial charge in [-0.2, -0.15) is 0 Å². The standard InChI is InChI=1S/C20H23NO4/c1-3-12-24-18-10-8-16(9-11-18)20(23)25-14-19(22)21-17-7-5-6-15(4-2)13-17/h5-11,13H,3-4,12,14H2,1-2H3,(H,21,22). The summed E-state index contributed by atoms with van der Waals surface area (Å²) in [7, 11) is 0. The zero-order chi connectivity index (χ0) is 18.1. The van der Waals surface area contributed by atoms with Gasteiger partial charge in [0, 0.05) is 5.69 Å². The number of anilines is 1. The number of benzene rings is 2. The highest BCUT2D eigenvalue weighted by atomic mass is 16.5. The molecule has 0 unspecified atom stereocenters. The number of rotatable bonds is 8. The van der Waals surface area contributed by atoms with Gasteiger partial charge < -0.3 is 14.8 Å². The van der Waals surface area contributed by atoms with E-state index in [0.29, 0.717) is 23.6 Å². The Balaban J connectivity index is 1.83. The normalized spacial score (nSPS) is 10.2. The van der Waals surface area contributed by atoms with Crippen LogP contribution < -0.4 is 10.1 Å². The van der Waals surface area contributed by atoms with Gasteiger partial charge in [-0.1, -0.05) is 26.0 Å². The molecule has 5 nitrogen and oxygen atoms in total. The van der Waals surface area contributed by atoms with Crippen LogP contribution in [0.1, 0.15) is 36.2 Å². The van der Waals surface area contributed by atoms with E-state index in [4.69, 9.17) is 9.47 Å². The minimum atomic E-state index is -0.542. The third-order valence-electron chi connectivity index (χ3n) is 3.52. The molecule has 1 amide bonds. The maximum absolute atomic E-state index is 12.0. The van der Waals surface area contributed by atoms with Crippen molar-refractivity contribution in [3.8, 4) is 5.75 Å². The molecule has 1 N–H and O–H groups in total. The molecule has 0 saturated heterocycles. The van der Waals surface area contributed by atoms with E-state index in [0.717, 1.165) is 18.4 Å². The van der Waals surface area contributed by atoms with Crippen LogP contribution in [0.15, 0.2) is 48.5 Å². The quantitative estimate of drug-likeness (QED) is 0.741. The lowest BCUT2D eigenvalue weighted by Crippen LogP contribution is -2.21. The molecule has 0 radical (unpaired) electrons. The smallest absolute Gasteiger partial charge is 0.338 e. The fourth-order valence-corrected chi connectivity index (χ4v) is 2.19. The van der Waals surface area contributed by atoms with Gasteiger partial charge in [0.2, 0.25) is 0 Å². The Morgan fingerprint density at radius 1 is 1.04 bits per heavy atom. The third kappa shape index (κ3) is 5.95. The van der Waals surface area contributed by atoms with E-state index in [1.165, 1.54) is 0 Å². The number of amides is 1. The van der Waals surface area contributed by atoms with E-state index in [1.54, 1.807) is 30.3 Å². The van der Waals surface area contributed by atoms with Crippen molar-refractivity contribution >= 4 is 17.6 Å². The molecule has 0 aliphatic heterocycles. The zero-order valence-electron chi connectivity index (χ0n) is 14.6. The average molecular weight is 341 g/mol. The number of nitrogens with one attached hydrogen (secondary N) is 1. The van der Waals surface area contributed by atoms with Crippen LogP contribution in [0.25, 0.3) is 0 Å². The van der Waals surface area contributed by atoms with Crippen LogP contribution in [-0.2, 0) is 16.0 Å². The van der Waals surface area contributed by atoms with Crippen LogP contribution in [0, 0.1) is 0 Å². The fourth-order valence-electron chi connectivity index (χ4n) is 2.19. The highest BCUT2D eigenvalue weighted by molar-refractivity contribution is 5.95. The highest BCUT2D eigenvalue weighted by Crippen LogP contribution is 2.14. The lowest BCUT2D eigenvalue weighted by molar-refractivity contribution is -0.119.